The number of rotatable bonds is 3. The van der Waals surface area contributed by atoms with Crippen molar-refractivity contribution < 1.29 is 24.2 Å². The number of ether oxygens (including phenoxy) is 1. The molecule has 20 heavy (non-hydrogen) atoms. The van der Waals surface area contributed by atoms with Crippen molar-refractivity contribution in [3.63, 3.8) is 0 Å². The smallest absolute Gasteiger partial charge is 0.336 e. The first-order valence-corrected chi connectivity index (χ1v) is 5.78. The Morgan fingerprint density at radius 3 is 2.95 bits per heavy atom. The highest BCUT2D eigenvalue weighted by Gasteiger charge is 2.32. The second-order valence-electron chi connectivity index (χ2n) is 4.18. The van der Waals surface area contributed by atoms with Crippen molar-refractivity contribution in [2.24, 2.45) is 0 Å². The molecule has 0 saturated heterocycles. The minimum absolute atomic E-state index is 0.0328. The molecular weight excluding hydrogens is 264 g/mol. The predicted octanol–water partition coefficient (Wildman–Crippen LogP) is 0.258. The van der Waals surface area contributed by atoms with Crippen LogP contribution in [0.25, 0.3) is 6.08 Å². The maximum Gasteiger partial charge on any atom is 0.336 e. The van der Waals surface area contributed by atoms with Crippen molar-refractivity contribution in [2.75, 3.05) is 12.4 Å². The van der Waals surface area contributed by atoms with Crippen molar-refractivity contribution >= 4 is 29.5 Å². The number of esters is 1. The molecule has 1 unspecified atom stereocenters. The van der Waals surface area contributed by atoms with E-state index in [1.807, 2.05) is 0 Å². The van der Waals surface area contributed by atoms with Gasteiger partial charge in [0.1, 0.15) is 0 Å². The molecular formula is C13H12N2O5. The summed E-state index contributed by atoms with van der Waals surface area (Å²) in [5, 5.41) is 11.3. The lowest BCUT2D eigenvalue weighted by Gasteiger charge is -2.23. The fraction of sp³-hybridized carbons (Fsp3) is 0.231. The van der Waals surface area contributed by atoms with Crippen molar-refractivity contribution in [2.45, 2.75) is 12.5 Å². The van der Waals surface area contributed by atoms with Gasteiger partial charge in [0.25, 0.3) is 0 Å². The zero-order valence-electron chi connectivity index (χ0n) is 10.6. The normalized spacial score (nSPS) is 17.4. The lowest BCUT2D eigenvalue weighted by atomic mass is 10.00. The number of carbonyl (C=O) groups excluding carboxylic acids is 2. The maximum atomic E-state index is 11.8. The topological polar surface area (TPSA) is 106 Å². The lowest BCUT2D eigenvalue weighted by Crippen LogP contribution is -2.42. The maximum absolute atomic E-state index is 11.8. The Bertz CT molecular complexity index is 609. The van der Waals surface area contributed by atoms with E-state index >= 15 is 0 Å². The fourth-order valence-electron chi connectivity index (χ4n) is 1.85. The summed E-state index contributed by atoms with van der Waals surface area (Å²) in [6.45, 7) is 0. The first kappa shape index (κ1) is 13.7. The molecule has 7 nitrogen and oxygen atoms in total. The highest BCUT2D eigenvalue weighted by atomic mass is 16.5. The third-order valence-corrected chi connectivity index (χ3v) is 2.81. The zero-order valence-corrected chi connectivity index (χ0v) is 10.6. The molecule has 1 aliphatic heterocycles. The average Bonchev–Trinajstić information content (AvgIpc) is 2.43. The average molecular weight is 276 g/mol. The number of carboxylic acid groups (broad SMARTS) is 1. The van der Waals surface area contributed by atoms with E-state index in [9.17, 15) is 14.4 Å². The highest BCUT2D eigenvalue weighted by Crippen LogP contribution is 2.23. The number of aliphatic carboxylic acids is 1. The molecule has 0 amide bonds. The number of nitrogens with zero attached hydrogens (tertiary/aromatic N) is 1. The third-order valence-electron chi connectivity index (χ3n) is 2.81. The summed E-state index contributed by atoms with van der Waals surface area (Å²) < 4.78 is 4.55. The van der Waals surface area contributed by atoms with Gasteiger partial charge >= 0.3 is 11.9 Å². The van der Waals surface area contributed by atoms with Gasteiger partial charge in [0, 0.05) is 12.3 Å². The summed E-state index contributed by atoms with van der Waals surface area (Å²) in [5.74, 6) is -2.05. The summed E-state index contributed by atoms with van der Waals surface area (Å²) in [7, 11) is 1.21. The minimum atomic E-state index is -1.07. The van der Waals surface area contributed by atoms with Gasteiger partial charge < -0.3 is 15.2 Å². The number of pyridine rings is 1. The number of fused-ring (bicyclic) bond motifs is 1. The van der Waals surface area contributed by atoms with E-state index in [1.165, 1.54) is 19.4 Å². The molecule has 1 aromatic rings. The number of methoxy groups -OCH3 is 1. The molecule has 104 valence electrons. The van der Waals surface area contributed by atoms with Crippen molar-refractivity contribution in [1.29, 1.82) is 0 Å². The molecule has 0 aromatic carbocycles. The summed E-state index contributed by atoms with van der Waals surface area (Å²) in [4.78, 5) is 37.8. The number of carbonyl (C=O) groups is 3. The van der Waals surface area contributed by atoms with Gasteiger partial charge in [-0.05, 0) is 17.7 Å². The van der Waals surface area contributed by atoms with Gasteiger partial charge in [-0.15, -0.1) is 0 Å². The van der Waals surface area contributed by atoms with E-state index in [-0.39, 0.29) is 12.2 Å². The van der Waals surface area contributed by atoms with Crippen LogP contribution in [0.2, 0.25) is 0 Å². The molecule has 0 saturated carbocycles. The number of nitrogens with one attached hydrogen (secondary N) is 1. The number of carboxylic acids is 1. The monoisotopic (exact) mass is 276 g/mol. The SMILES string of the molecule is COC(=O)C1Nc2cc(C=CC(=O)O)cnc2CC1=O. The first-order chi connectivity index (χ1) is 9.51. The van der Waals surface area contributed by atoms with E-state index in [0.29, 0.717) is 16.9 Å². The van der Waals surface area contributed by atoms with Crippen molar-refractivity contribution in [3.8, 4) is 0 Å². The van der Waals surface area contributed by atoms with Crippen LogP contribution < -0.4 is 5.32 Å². The summed E-state index contributed by atoms with van der Waals surface area (Å²) in [5.41, 5.74) is 1.59. The molecule has 0 radical (unpaired) electrons. The Kier molecular flexibility index (Phi) is 3.79. The molecule has 0 spiro atoms. The second-order valence-corrected chi connectivity index (χ2v) is 4.18. The van der Waals surface area contributed by atoms with Gasteiger partial charge in [-0.2, -0.15) is 0 Å². The molecule has 0 aliphatic carbocycles. The summed E-state index contributed by atoms with van der Waals surface area (Å²) >= 11 is 0. The Labute approximate surface area is 114 Å². The summed E-state index contributed by atoms with van der Waals surface area (Å²) in [6.07, 6.45) is 3.85. The third kappa shape index (κ3) is 2.82. The standard InChI is InChI=1S/C13H12N2O5/c1-20-13(19)12-10(16)5-8-9(15-12)4-7(6-14-8)2-3-11(17)18/h2-4,6,12,15H,5H2,1H3,(H,17,18). The van der Waals surface area contributed by atoms with Crippen LogP contribution in [0.4, 0.5) is 5.69 Å². The molecule has 0 fully saturated rings. The van der Waals surface area contributed by atoms with E-state index in [0.717, 1.165) is 6.08 Å². The Morgan fingerprint density at radius 2 is 2.30 bits per heavy atom. The quantitative estimate of drug-likeness (QED) is 0.463. The number of Topliss-reactive ketones (excluding diaryl/α,β-unsaturated/α-hetero) is 1. The van der Waals surface area contributed by atoms with Crippen molar-refractivity contribution in [3.05, 3.63) is 29.6 Å². The number of anilines is 1. The van der Waals surface area contributed by atoms with Crippen LogP contribution in [0, 0.1) is 0 Å². The highest BCUT2D eigenvalue weighted by molar-refractivity contribution is 6.08. The van der Waals surface area contributed by atoms with Gasteiger partial charge in [0.15, 0.2) is 11.8 Å². The van der Waals surface area contributed by atoms with E-state index in [2.05, 4.69) is 15.0 Å². The van der Waals surface area contributed by atoms with Gasteiger partial charge in [-0.25, -0.2) is 9.59 Å². The molecule has 0 bridgehead atoms. The van der Waals surface area contributed by atoms with Crippen LogP contribution in [-0.4, -0.2) is 41.0 Å². The molecule has 2 heterocycles. The number of ketones is 1. The minimum Gasteiger partial charge on any atom is -0.478 e. The molecule has 2 N–H and O–H groups in total. The van der Waals surface area contributed by atoms with E-state index in [4.69, 9.17) is 5.11 Å². The van der Waals surface area contributed by atoms with Crippen LogP contribution in [0.15, 0.2) is 18.3 Å². The Balaban J connectivity index is 2.28. The van der Waals surface area contributed by atoms with Crippen LogP contribution in [0.5, 0.6) is 0 Å². The van der Waals surface area contributed by atoms with Gasteiger partial charge in [0.2, 0.25) is 0 Å². The van der Waals surface area contributed by atoms with Crippen LogP contribution >= 0.6 is 0 Å². The van der Waals surface area contributed by atoms with Crippen LogP contribution in [0.3, 0.4) is 0 Å². The molecule has 1 atom stereocenters. The Hall–Kier alpha value is -2.70. The molecule has 2 rings (SSSR count). The Morgan fingerprint density at radius 1 is 1.55 bits per heavy atom. The number of aromatic nitrogens is 1. The van der Waals surface area contributed by atoms with Gasteiger partial charge in [-0.1, -0.05) is 0 Å². The summed E-state index contributed by atoms with van der Waals surface area (Å²) in [6, 6.07) is 0.581. The van der Waals surface area contributed by atoms with Gasteiger partial charge in [0.05, 0.1) is 24.9 Å². The first-order valence-electron chi connectivity index (χ1n) is 5.78. The molecule has 1 aromatic heterocycles. The molecule has 1 aliphatic rings. The zero-order chi connectivity index (χ0) is 14.7. The fourth-order valence-corrected chi connectivity index (χ4v) is 1.85. The van der Waals surface area contributed by atoms with E-state index < -0.39 is 18.0 Å². The van der Waals surface area contributed by atoms with Crippen LogP contribution in [-0.2, 0) is 25.5 Å². The van der Waals surface area contributed by atoms with Gasteiger partial charge in [-0.3, -0.25) is 9.78 Å². The number of hydrogen-bond donors (Lipinski definition) is 2. The largest absolute Gasteiger partial charge is 0.478 e. The predicted molar refractivity (Wildman–Crippen MR) is 69.0 cm³/mol. The van der Waals surface area contributed by atoms with Crippen molar-refractivity contribution in [1.82, 2.24) is 4.98 Å². The second kappa shape index (κ2) is 5.52. The lowest BCUT2D eigenvalue weighted by molar-refractivity contribution is -0.144. The van der Waals surface area contributed by atoms with E-state index in [1.54, 1.807) is 6.07 Å². The molecule has 7 heteroatoms. The van der Waals surface area contributed by atoms with Crippen LogP contribution in [0.1, 0.15) is 11.3 Å². The number of hydrogen-bond acceptors (Lipinski definition) is 6.